The summed E-state index contributed by atoms with van der Waals surface area (Å²) in [6.45, 7) is 9.85. The highest BCUT2D eigenvalue weighted by molar-refractivity contribution is 5.41. The lowest BCUT2D eigenvalue weighted by molar-refractivity contribution is 0.212. The highest BCUT2D eigenvalue weighted by atomic mass is 16.5. The third kappa shape index (κ3) is 3.11. The maximum absolute atomic E-state index is 5.47. The molecule has 0 aromatic heterocycles. The summed E-state index contributed by atoms with van der Waals surface area (Å²) in [5, 5.41) is 3.67. The largest absolute Gasteiger partial charge is 0.496 e. The van der Waals surface area contributed by atoms with Gasteiger partial charge < -0.3 is 10.1 Å². The van der Waals surface area contributed by atoms with E-state index in [1.165, 1.54) is 30.4 Å². The summed E-state index contributed by atoms with van der Waals surface area (Å²) in [5.74, 6) is 1.01. The minimum absolute atomic E-state index is 0.178. The van der Waals surface area contributed by atoms with Crippen LogP contribution in [0, 0.1) is 6.92 Å². The Hall–Kier alpha value is -1.02. The van der Waals surface area contributed by atoms with E-state index in [-0.39, 0.29) is 5.54 Å². The lowest BCUT2D eigenvalue weighted by Gasteiger charge is -2.44. The minimum Gasteiger partial charge on any atom is -0.496 e. The average Bonchev–Trinajstić information content (AvgIpc) is 2.28. The highest BCUT2D eigenvalue weighted by Gasteiger charge is 2.39. The predicted octanol–water partition coefficient (Wildman–Crippen LogP) is 3.81. The Balaban J connectivity index is 2.21. The summed E-state index contributed by atoms with van der Waals surface area (Å²) in [6.07, 6.45) is 3.90. The predicted molar refractivity (Wildman–Crippen MR) is 81.0 cm³/mol. The van der Waals surface area contributed by atoms with Crippen LogP contribution in [0.5, 0.6) is 5.75 Å². The number of nitrogens with one attached hydrogen (secondary N) is 1. The molecule has 0 atom stereocenters. The van der Waals surface area contributed by atoms with Gasteiger partial charge in [0.2, 0.25) is 0 Å². The van der Waals surface area contributed by atoms with Crippen LogP contribution in [0.3, 0.4) is 0 Å². The van der Waals surface area contributed by atoms with Crippen molar-refractivity contribution in [1.29, 1.82) is 0 Å². The molecule has 0 spiro atoms. The summed E-state index contributed by atoms with van der Waals surface area (Å²) < 4.78 is 5.47. The average molecular weight is 261 g/mol. The molecule has 1 aromatic carbocycles. The molecule has 106 valence electrons. The Morgan fingerprint density at radius 2 is 1.95 bits per heavy atom. The zero-order chi connectivity index (χ0) is 14.1. The van der Waals surface area contributed by atoms with Gasteiger partial charge in [0.05, 0.1) is 7.11 Å². The molecule has 2 rings (SSSR count). The Morgan fingerprint density at radius 3 is 2.42 bits per heavy atom. The first kappa shape index (κ1) is 14.4. The van der Waals surface area contributed by atoms with E-state index < -0.39 is 0 Å². The smallest absolute Gasteiger partial charge is 0.122 e. The van der Waals surface area contributed by atoms with Gasteiger partial charge in [-0.25, -0.2) is 0 Å². The first-order chi connectivity index (χ1) is 8.86. The second-order valence-electron chi connectivity index (χ2n) is 6.92. The fraction of sp³-hybridized carbons (Fsp3) is 0.647. The zero-order valence-electron chi connectivity index (χ0n) is 13.0. The molecule has 1 saturated carbocycles. The van der Waals surface area contributed by atoms with Crippen LogP contribution in [0.15, 0.2) is 18.2 Å². The Bertz CT molecular complexity index is 441. The maximum atomic E-state index is 5.47. The summed E-state index contributed by atoms with van der Waals surface area (Å²) in [7, 11) is 1.76. The van der Waals surface area contributed by atoms with E-state index >= 15 is 0 Å². The van der Waals surface area contributed by atoms with Crippen molar-refractivity contribution in [3.8, 4) is 5.75 Å². The number of benzene rings is 1. The quantitative estimate of drug-likeness (QED) is 0.890. The van der Waals surface area contributed by atoms with Crippen LogP contribution >= 0.6 is 0 Å². The number of aryl methyl sites for hydroxylation is 1. The molecule has 0 saturated heterocycles. The fourth-order valence-corrected chi connectivity index (χ4v) is 2.76. The van der Waals surface area contributed by atoms with Gasteiger partial charge in [0, 0.05) is 17.5 Å². The molecule has 2 heteroatoms. The normalized spacial score (nSPS) is 17.9. The summed E-state index contributed by atoms with van der Waals surface area (Å²) in [4.78, 5) is 0. The molecule has 0 unspecified atom stereocenters. The van der Waals surface area contributed by atoms with Gasteiger partial charge in [-0.2, -0.15) is 0 Å². The van der Waals surface area contributed by atoms with Crippen molar-refractivity contribution in [2.24, 2.45) is 0 Å². The van der Waals surface area contributed by atoms with Crippen molar-refractivity contribution in [2.45, 2.75) is 57.9 Å². The molecule has 1 fully saturated rings. The molecular weight excluding hydrogens is 234 g/mol. The van der Waals surface area contributed by atoms with Gasteiger partial charge in [-0.05, 0) is 57.7 Å². The third-order valence-electron chi connectivity index (χ3n) is 4.29. The molecule has 2 nitrogen and oxygen atoms in total. The van der Waals surface area contributed by atoms with Crippen LogP contribution in [-0.2, 0) is 5.41 Å². The van der Waals surface area contributed by atoms with Crippen molar-refractivity contribution >= 4 is 0 Å². The molecular formula is C17H27NO. The molecule has 0 bridgehead atoms. The molecule has 0 aliphatic heterocycles. The Morgan fingerprint density at radius 1 is 1.26 bits per heavy atom. The van der Waals surface area contributed by atoms with Crippen LogP contribution in [0.4, 0.5) is 0 Å². The van der Waals surface area contributed by atoms with Gasteiger partial charge in [0.25, 0.3) is 0 Å². The van der Waals surface area contributed by atoms with Crippen molar-refractivity contribution in [1.82, 2.24) is 5.32 Å². The van der Waals surface area contributed by atoms with Gasteiger partial charge in [0.1, 0.15) is 5.75 Å². The van der Waals surface area contributed by atoms with Gasteiger partial charge >= 0.3 is 0 Å². The summed E-state index contributed by atoms with van der Waals surface area (Å²) in [5.41, 5.74) is 3.13. The van der Waals surface area contributed by atoms with Crippen molar-refractivity contribution in [2.75, 3.05) is 13.7 Å². The fourth-order valence-electron chi connectivity index (χ4n) is 2.76. The summed E-state index contributed by atoms with van der Waals surface area (Å²) in [6, 6.07) is 6.70. The van der Waals surface area contributed by atoms with Gasteiger partial charge in [-0.3, -0.25) is 0 Å². The highest BCUT2D eigenvalue weighted by Crippen LogP contribution is 2.44. The lowest BCUT2D eigenvalue weighted by Crippen LogP contribution is -2.49. The van der Waals surface area contributed by atoms with Crippen LogP contribution in [0.2, 0.25) is 0 Å². The van der Waals surface area contributed by atoms with Crippen LogP contribution in [-0.4, -0.2) is 19.2 Å². The molecule has 1 aliphatic carbocycles. The maximum Gasteiger partial charge on any atom is 0.122 e. The van der Waals surface area contributed by atoms with Crippen molar-refractivity contribution in [3.05, 3.63) is 29.3 Å². The number of rotatable bonds is 4. The first-order valence-corrected chi connectivity index (χ1v) is 7.26. The van der Waals surface area contributed by atoms with E-state index in [4.69, 9.17) is 4.74 Å². The van der Waals surface area contributed by atoms with Crippen molar-refractivity contribution < 1.29 is 4.74 Å². The molecule has 19 heavy (non-hydrogen) atoms. The zero-order valence-corrected chi connectivity index (χ0v) is 13.0. The molecule has 1 aromatic rings. The number of hydrogen-bond donors (Lipinski definition) is 1. The standard InChI is InChI=1S/C17H27NO/c1-13-7-8-14(11-15(13)19-5)17(9-6-10-17)12-18-16(2,3)4/h7-8,11,18H,6,9-10,12H2,1-5H3. The molecule has 1 N–H and O–H groups in total. The molecule has 1 aliphatic rings. The van der Waals surface area contributed by atoms with Gasteiger partial charge in [-0.1, -0.05) is 18.6 Å². The second-order valence-corrected chi connectivity index (χ2v) is 6.92. The third-order valence-corrected chi connectivity index (χ3v) is 4.29. The van der Waals surface area contributed by atoms with Crippen LogP contribution in [0.1, 0.15) is 51.2 Å². The van der Waals surface area contributed by atoms with E-state index in [2.05, 4.69) is 51.2 Å². The summed E-state index contributed by atoms with van der Waals surface area (Å²) >= 11 is 0. The van der Waals surface area contributed by atoms with E-state index in [1.807, 2.05) is 0 Å². The molecule has 0 heterocycles. The first-order valence-electron chi connectivity index (χ1n) is 7.26. The van der Waals surface area contributed by atoms with E-state index in [0.29, 0.717) is 5.41 Å². The van der Waals surface area contributed by atoms with E-state index in [1.54, 1.807) is 7.11 Å². The molecule has 0 amide bonds. The van der Waals surface area contributed by atoms with Crippen molar-refractivity contribution in [3.63, 3.8) is 0 Å². The van der Waals surface area contributed by atoms with E-state index in [9.17, 15) is 0 Å². The number of methoxy groups -OCH3 is 1. The van der Waals surface area contributed by atoms with Crippen LogP contribution in [0.25, 0.3) is 0 Å². The van der Waals surface area contributed by atoms with Gasteiger partial charge in [-0.15, -0.1) is 0 Å². The Kier molecular flexibility index (Phi) is 3.91. The van der Waals surface area contributed by atoms with Gasteiger partial charge in [0.15, 0.2) is 0 Å². The minimum atomic E-state index is 0.178. The monoisotopic (exact) mass is 261 g/mol. The lowest BCUT2D eigenvalue weighted by atomic mass is 9.64. The second kappa shape index (κ2) is 5.16. The number of hydrogen-bond acceptors (Lipinski definition) is 2. The van der Waals surface area contributed by atoms with Crippen LogP contribution < -0.4 is 10.1 Å². The molecule has 0 radical (unpaired) electrons. The SMILES string of the molecule is COc1cc(C2(CNC(C)(C)C)CCC2)ccc1C. The Labute approximate surface area is 117 Å². The van der Waals surface area contributed by atoms with E-state index in [0.717, 1.165) is 12.3 Å². The topological polar surface area (TPSA) is 21.3 Å². The number of ether oxygens (including phenoxy) is 1.